The second-order valence-corrected chi connectivity index (χ2v) is 7.40. The molecule has 7 nitrogen and oxygen atoms in total. The summed E-state index contributed by atoms with van der Waals surface area (Å²) in [6, 6.07) is 8.65. The van der Waals surface area contributed by atoms with Gasteiger partial charge in [0, 0.05) is 35.8 Å². The Morgan fingerprint density at radius 3 is 2.88 bits per heavy atom. The number of H-pyrrole nitrogens is 1. The first-order valence-electron chi connectivity index (χ1n) is 7.33. The van der Waals surface area contributed by atoms with E-state index in [1.165, 1.54) is 7.05 Å². The third-order valence-corrected chi connectivity index (χ3v) is 5.47. The largest absolute Gasteiger partial charge is 0.305 e. The Bertz CT molecular complexity index is 1170. The number of benzene rings is 1. The fourth-order valence-electron chi connectivity index (χ4n) is 2.83. The molecular formula is C16H15N5O2S. The SMILES string of the molecule is CNS(=O)(=O)c1cccc(-c2cc3c(ncc4c[nH]n(C)c43)n2)c1. The van der Waals surface area contributed by atoms with Gasteiger partial charge in [-0.05, 0) is 25.2 Å². The lowest BCUT2D eigenvalue weighted by atomic mass is 10.1. The van der Waals surface area contributed by atoms with Crippen LogP contribution in [-0.2, 0) is 17.1 Å². The van der Waals surface area contributed by atoms with E-state index in [4.69, 9.17) is 0 Å². The Hall–Kier alpha value is -2.71. The lowest BCUT2D eigenvalue weighted by molar-refractivity contribution is 0.588. The van der Waals surface area contributed by atoms with Crippen LogP contribution >= 0.6 is 0 Å². The van der Waals surface area contributed by atoms with E-state index in [0.717, 1.165) is 21.9 Å². The number of aromatic amines is 1. The third-order valence-electron chi connectivity index (χ3n) is 4.06. The summed E-state index contributed by atoms with van der Waals surface area (Å²) in [4.78, 5) is 9.14. The van der Waals surface area contributed by atoms with E-state index in [2.05, 4.69) is 19.8 Å². The molecule has 122 valence electrons. The summed E-state index contributed by atoms with van der Waals surface area (Å²) in [6.45, 7) is 0. The summed E-state index contributed by atoms with van der Waals surface area (Å²) in [5.41, 5.74) is 3.07. The highest BCUT2D eigenvalue weighted by molar-refractivity contribution is 7.89. The molecule has 0 aliphatic heterocycles. The normalized spacial score (nSPS) is 12.2. The average molecular weight is 341 g/mol. The lowest BCUT2D eigenvalue weighted by Crippen LogP contribution is -2.18. The second kappa shape index (κ2) is 5.15. The van der Waals surface area contributed by atoms with Crippen molar-refractivity contribution in [2.75, 3.05) is 7.05 Å². The van der Waals surface area contributed by atoms with Crippen LogP contribution in [-0.4, -0.2) is 35.2 Å². The zero-order valence-corrected chi connectivity index (χ0v) is 13.9. The molecule has 3 aromatic heterocycles. The van der Waals surface area contributed by atoms with Gasteiger partial charge in [0.15, 0.2) is 5.65 Å². The summed E-state index contributed by atoms with van der Waals surface area (Å²) < 4.78 is 28.2. The highest BCUT2D eigenvalue weighted by Crippen LogP contribution is 2.29. The number of rotatable bonds is 3. The summed E-state index contributed by atoms with van der Waals surface area (Å²) in [5, 5.41) is 5.04. The van der Waals surface area contributed by atoms with E-state index >= 15 is 0 Å². The van der Waals surface area contributed by atoms with Crippen molar-refractivity contribution in [3.05, 3.63) is 42.7 Å². The molecule has 0 atom stereocenters. The molecular weight excluding hydrogens is 326 g/mol. The van der Waals surface area contributed by atoms with Crippen LogP contribution in [0.25, 0.3) is 33.2 Å². The zero-order chi connectivity index (χ0) is 16.9. The van der Waals surface area contributed by atoms with Gasteiger partial charge in [0.1, 0.15) is 0 Å². The molecule has 3 heterocycles. The quantitative estimate of drug-likeness (QED) is 0.596. The maximum atomic E-state index is 12.0. The monoisotopic (exact) mass is 341 g/mol. The van der Waals surface area contributed by atoms with Crippen LogP contribution in [0.5, 0.6) is 0 Å². The minimum atomic E-state index is -3.49. The second-order valence-electron chi connectivity index (χ2n) is 5.51. The molecule has 0 amide bonds. The Balaban J connectivity index is 1.93. The van der Waals surface area contributed by atoms with Crippen molar-refractivity contribution in [2.24, 2.45) is 7.05 Å². The van der Waals surface area contributed by atoms with Crippen molar-refractivity contribution < 1.29 is 8.42 Å². The average Bonchev–Trinajstić information content (AvgIpc) is 3.18. The van der Waals surface area contributed by atoms with Crippen LogP contribution in [0.15, 0.2) is 47.6 Å². The van der Waals surface area contributed by atoms with Gasteiger partial charge in [-0.25, -0.2) is 23.1 Å². The van der Waals surface area contributed by atoms with Crippen molar-refractivity contribution in [1.82, 2.24) is 24.5 Å². The van der Waals surface area contributed by atoms with Crippen molar-refractivity contribution in [2.45, 2.75) is 4.90 Å². The predicted octanol–water partition coefficient (Wildman–Crippen LogP) is 2.02. The van der Waals surface area contributed by atoms with Gasteiger partial charge in [0.05, 0.1) is 16.1 Å². The van der Waals surface area contributed by atoms with Gasteiger partial charge >= 0.3 is 0 Å². The summed E-state index contributed by atoms with van der Waals surface area (Å²) in [6.07, 6.45) is 3.65. The van der Waals surface area contributed by atoms with Crippen LogP contribution in [0, 0.1) is 0 Å². The number of nitrogens with one attached hydrogen (secondary N) is 2. The number of hydrogen-bond acceptors (Lipinski definition) is 4. The Morgan fingerprint density at radius 2 is 2.08 bits per heavy atom. The maximum absolute atomic E-state index is 12.0. The number of sulfonamides is 1. The van der Waals surface area contributed by atoms with Crippen molar-refractivity contribution >= 4 is 32.0 Å². The molecule has 0 unspecified atom stereocenters. The maximum Gasteiger partial charge on any atom is 0.240 e. The number of pyridine rings is 1. The first-order chi connectivity index (χ1) is 11.5. The molecule has 0 radical (unpaired) electrons. The lowest BCUT2D eigenvalue weighted by Gasteiger charge is -2.04. The van der Waals surface area contributed by atoms with Gasteiger partial charge in [0.2, 0.25) is 10.0 Å². The number of hydrogen-bond donors (Lipinski definition) is 2. The van der Waals surface area contributed by atoms with Crippen LogP contribution in [0.2, 0.25) is 0 Å². The molecule has 0 aliphatic carbocycles. The van der Waals surface area contributed by atoms with Gasteiger partial charge in [-0.3, -0.25) is 4.68 Å². The van der Waals surface area contributed by atoms with Crippen molar-refractivity contribution in [3.8, 4) is 11.3 Å². The molecule has 0 aliphatic rings. The van der Waals surface area contributed by atoms with Gasteiger partial charge in [-0.1, -0.05) is 12.1 Å². The summed E-state index contributed by atoms with van der Waals surface area (Å²) in [7, 11) is -0.176. The minimum absolute atomic E-state index is 0.208. The molecule has 2 N–H and O–H groups in total. The predicted molar refractivity (Wildman–Crippen MR) is 92.0 cm³/mol. The third kappa shape index (κ3) is 2.19. The highest BCUT2D eigenvalue weighted by Gasteiger charge is 2.15. The van der Waals surface area contributed by atoms with E-state index in [1.807, 2.05) is 30.1 Å². The van der Waals surface area contributed by atoms with E-state index in [9.17, 15) is 8.42 Å². The topological polar surface area (TPSA) is 92.7 Å². The summed E-state index contributed by atoms with van der Waals surface area (Å²) >= 11 is 0. The number of aryl methyl sites for hydroxylation is 1. The zero-order valence-electron chi connectivity index (χ0n) is 13.1. The molecule has 8 heteroatoms. The number of aromatic nitrogens is 4. The fourth-order valence-corrected chi connectivity index (χ4v) is 3.60. The molecule has 0 fully saturated rings. The molecule has 24 heavy (non-hydrogen) atoms. The highest BCUT2D eigenvalue weighted by atomic mass is 32.2. The Kier molecular flexibility index (Phi) is 3.19. The van der Waals surface area contributed by atoms with E-state index in [0.29, 0.717) is 11.3 Å². The molecule has 0 saturated carbocycles. The first-order valence-corrected chi connectivity index (χ1v) is 8.81. The minimum Gasteiger partial charge on any atom is -0.305 e. The van der Waals surface area contributed by atoms with Gasteiger partial charge < -0.3 is 5.10 Å². The van der Waals surface area contributed by atoms with Crippen LogP contribution < -0.4 is 4.72 Å². The van der Waals surface area contributed by atoms with Crippen LogP contribution in [0.4, 0.5) is 0 Å². The van der Waals surface area contributed by atoms with Gasteiger partial charge in [0.25, 0.3) is 0 Å². The number of nitrogens with zero attached hydrogens (tertiary/aromatic N) is 3. The number of fused-ring (bicyclic) bond motifs is 3. The van der Waals surface area contributed by atoms with Crippen LogP contribution in [0.1, 0.15) is 0 Å². The smallest absolute Gasteiger partial charge is 0.240 e. The molecule has 0 spiro atoms. The molecule has 1 aromatic carbocycles. The fraction of sp³-hybridized carbons (Fsp3) is 0.125. The molecule has 4 aromatic rings. The molecule has 0 saturated heterocycles. The van der Waals surface area contributed by atoms with Crippen molar-refractivity contribution in [1.29, 1.82) is 0 Å². The van der Waals surface area contributed by atoms with Crippen molar-refractivity contribution in [3.63, 3.8) is 0 Å². The Labute approximate surface area is 138 Å². The Morgan fingerprint density at radius 1 is 1.25 bits per heavy atom. The van der Waals surface area contributed by atoms with E-state index < -0.39 is 10.0 Å². The van der Waals surface area contributed by atoms with Gasteiger partial charge in [-0.2, -0.15) is 0 Å². The standard InChI is InChI=1S/C16H15N5O2S/c1-17-24(22,23)12-5-3-4-10(6-12)14-7-13-15-11(9-19-21(15)2)8-18-16(13)20-14/h3-9,17,19H,1-2H3. The molecule has 0 bridgehead atoms. The van der Waals surface area contributed by atoms with E-state index in [-0.39, 0.29) is 4.90 Å². The molecule has 4 rings (SSSR count). The van der Waals surface area contributed by atoms with E-state index in [1.54, 1.807) is 24.4 Å². The summed E-state index contributed by atoms with van der Waals surface area (Å²) in [5.74, 6) is 0. The van der Waals surface area contributed by atoms with Gasteiger partial charge in [-0.15, -0.1) is 0 Å². The first kappa shape index (κ1) is 14.9. The van der Waals surface area contributed by atoms with Crippen LogP contribution in [0.3, 0.4) is 0 Å².